The summed E-state index contributed by atoms with van der Waals surface area (Å²) in [5, 5.41) is 7.14. The number of aryl methyl sites for hydroxylation is 1. The summed E-state index contributed by atoms with van der Waals surface area (Å²) in [7, 11) is 0. The van der Waals surface area contributed by atoms with Crippen LogP contribution in [0.25, 0.3) is 11.3 Å². The van der Waals surface area contributed by atoms with Crippen LogP contribution in [0.3, 0.4) is 0 Å². The van der Waals surface area contributed by atoms with Crippen LogP contribution in [-0.4, -0.2) is 40.8 Å². The van der Waals surface area contributed by atoms with Crippen LogP contribution < -0.4 is 5.32 Å². The number of amides is 2. The molecule has 1 aliphatic heterocycles. The van der Waals surface area contributed by atoms with Crippen molar-refractivity contribution in [2.45, 2.75) is 32.7 Å². The number of nitrogens with one attached hydrogen (secondary N) is 1. The van der Waals surface area contributed by atoms with Crippen LogP contribution in [0.1, 0.15) is 35.8 Å². The lowest BCUT2D eigenvalue weighted by Crippen LogP contribution is -2.46. The molecule has 24 heavy (non-hydrogen) atoms. The summed E-state index contributed by atoms with van der Waals surface area (Å²) in [6.45, 7) is 4.86. The molecule has 1 N–H and O–H groups in total. The Kier molecular flexibility index (Phi) is 4.94. The second-order valence-electron chi connectivity index (χ2n) is 6.10. The van der Waals surface area contributed by atoms with Crippen LogP contribution in [0.2, 0.25) is 0 Å². The van der Waals surface area contributed by atoms with Crippen molar-refractivity contribution in [2.75, 3.05) is 13.1 Å². The summed E-state index contributed by atoms with van der Waals surface area (Å²) >= 11 is 1.63. The maximum atomic E-state index is 12.5. The van der Waals surface area contributed by atoms with Gasteiger partial charge in [0.1, 0.15) is 0 Å². The Morgan fingerprint density at radius 1 is 1.25 bits per heavy atom. The first-order valence-corrected chi connectivity index (χ1v) is 9.05. The van der Waals surface area contributed by atoms with Gasteiger partial charge >= 0.3 is 0 Å². The number of pyridine rings is 1. The van der Waals surface area contributed by atoms with Crippen LogP contribution in [0, 0.1) is 6.92 Å². The van der Waals surface area contributed by atoms with Gasteiger partial charge in [-0.1, -0.05) is 0 Å². The fourth-order valence-electron chi connectivity index (χ4n) is 2.97. The van der Waals surface area contributed by atoms with E-state index in [1.165, 1.54) is 0 Å². The molecule has 1 saturated heterocycles. The zero-order chi connectivity index (χ0) is 17.1. The third kappa shape index (κ3) is 3.64. The predicted molar refractivity (Wildman–Crippen MR) is 95.0 cm³/mol. The molecule has 0 aromatic carbocycles. The molecule has 0 bridgehead atoms. The predicted octanol–water partition coefficient (Wildman–Crippen LogP) is 2.86. The topological polar surface area (TPSA) is 62.3 Å². The van der Waals surface area contributed by atoms with Gasteiger partial charge in [-0.15, -0.1) is 0 Å². The van der Waals surface area contributed by atoms with Crippen molar-refractivity contribution < 1.29 is 9.59 Å². The molecular formula is C18H21N3O2S. The van der Waals surface area contributed by atoms with E-state index in [9.17, 15) is 9.59 Å². The van der Waals surface area contributed by atoms with Crippen LogP contribution in [0.4, 0.5) is 0 Å². The molecule has 0 radical (unpaired) electrons. The molecule has 3 heterocycles. The largest absolute Gasteiger partial charge is 0.349 e. The molecule has 2 aromatic heterocycles. The quantitative estimate of drug-likeness (QED) is 0.932. The van der Waals surface area contributed by atoms with Crippen molar-refractivity contribution in [1.82, 2.24) is 15.2 Å². The Bertz CT molecular complexity index is 735. The van der Waals surface area contributed by atoms with Crippen LogP contribution in [-0.2, 0) is 4.79 Å². The minimum absolute atomic E-state index is 0.0851. The Morgan fingerprint density at radius 2 is 2.00 bits per heavy atom. The fourth-order valence-corrected chi connectivity index (χ4v) is 3.62. The fraction of sp³-hybridized carbons (Fsp3) is 0.389. The number of carbonyl (C=O) groups is 2. The lowest BCUT2D eigenvalue weighted by molar-refractivity contribution is -0.129. The maximum absolute atomic E-state index is 12.5. The number of carbonyl (C=O) groups excluding carboxylic acids is 2. The number of thiophene rings is 1. The standard InChI is InChI=1S/C18H21N3O2S/c1-12-16(3-4-17(19-12)14-7-10-24-11-14)18(23)20-15-5-8-21(9-6-15)13(2)22/h3-4,7,10-11,15H,5-6,8-9H2,1-2H3,(H,20,23). The summed E-state index contributed by atoms with van der Waals surface area (Å²) in [4.78, 5) is 30.3. The van der Waals surface area contributed by atoms with Gasteiger partial charge < -0.3 is 10.2 Å². The second-order valence-corrected chi connectivity index (χ2v) is 6.88. The minimum Gasteiger partial charge on any atom is -0.349 e. The molecule has 1 fully saturated rings. The highest BCUT2D eigenvalue weighted by atomic mass is 32.1. The molecular weight excluding hydrogens is 322 g/mol. The highest BCUT2D eigenvalue weighted by Crippen LogP contribution is 2.21. The van der Waals surface area contributed by atoms with Gasteiger partial charge in [-0.2, -0.15) is 11.3 Å². The molecule has 126 valence electrons. The van der Waals surface area contributed by atoms with Gasteiger partial charge in [-0.3, -0.25) is 14.6 Å². The van der Waals surface area contributed by atoms with Crippen LogP contribution in [0.5, 0.6) is 0 Å². The van der Waals surface area contributed by atoms with Gasteiger partial charge in [0.25, 0.3) is 5.91 Å². The minimum atomic E-state index is -0.0851. The average Bonchev–Trinajstić information content (AvgIpc) is 3.09. The van der Waals surface area contributed by atoms with E-state index in [-0.39, 0.29) is 17.9 Å². The lowest BCUT2D eigenvalue weighted by Gasteiger charge is -2.31. The number of rotatable bonds is 3. The zero-order valence-electron chi connectivity index (χ0n) is 13.9. The van der Waals surface area contributed by atoms with Crippen molar-refractivity contribution in [1.29, 1.82) is 0 Å². The van der Waals surface area contributed by atoms with Crippen molar-refractivity contribution >= 4 is 23.2 Å². The van der Waals surface area contributed by atoms with E-state index in [2.05, 4.69) is 10.3 Å². The molecule has 1 aliphatic rings. The van der Waals surface area contributed by atoms with E-state index in [0.29, 0.717) is 18.7 Å². The molecule has 0 unspecified atom stereocenters. The van der Waals surface area contributed by atoms with Crippen LogP contribution in [0.15, 0.2) is 29.0 Å². The first-order valence-electron chi connectivity index (χ1n) is 8.11. The van der Waals surface area contributed by atoms with Crippen molar-refractivity contribution in [3.05, 3.63) is 40.2 Å². The molecule has 3 rings (SSSR count). The van der Waals surface area contributed by atoms with Crippen molar-refractivity contribution in [3.8, 4) is 11.3 Å². The number of aromatic nitrogens is 1. The lowest BCUT2D eigenvalue weighted by atomic mass is 10.0. The second kappa shape index (κ2) is 7.13. The first-order chi connectivity index (χ1) is 11.5. The number of hydrogen-bond acceptors (Lipinski definition) is 4. The summed E-state index contributed by atoms with van der Waals surface area (Å²) in [6.07, 6.45) is 1.59. The van der Waals surface area contributed by atoms with Gasteiger partial charge in [0.15, 0.2) is 0 Å². The molecule has 0 spiro atoms. The van der Waals surface area contributed by atoms with Gasteiger partial charge in [0.2, 0.25) is 5.91 Å². The summed E-state index contributed by atoms with van der Waals surface area (Å²) < 4.78 is 0. The SMILES string of the molecule is CC(=O)N1CCC(NC(=O)c2ccc(-c3ccsc3)nc2C)CC1. The molecule has 2 amide bonds. The van der Waals surface area contributed by atoms with Gasteiger partial charge in [-0.25, -0.2) is 0 Å². The van der Waals surface area contributed by atoms with E-state index in [1.54, 1.807) is 18.3 Å². The Labute approximate surface area is 145 Å². The highest BCUT2D eigenvalue weighted by molar-refractivity contribution is 7.08. The number of nitrogens with zero attached hydrogens (tertiary/aromatic N) is 2. The molecule has 0 atom stereocenters. The zero-order valence-corrected chi connectivity index (χ0v) is 14.7. The van der Waals surface area contributed by atoms with E-state index < -0.39 is 0 Å². The molecule has 2 aromatic rings. The maximum Gasteiger partial charge on any atom is 0.253 e. The summed E-state index contributed by atoms with van der Waals surface area (Å²) in [6, 6.07) is 5.87. The Balaban J connectivity index is 1.64. The van der Waals surface area contributed by atoms with Gasteiger partial charge in [-0.05, 0) is 43.3 Å². The normalized spacial score (nSPS) is 15.3. The third-order valence-corrected chi connectivity index (χ3v) is 5.11. The van der Waals surface area contributed by atoms with E-state index >= 15 is 0 Å². The number of hydrogen-bond donors (Lipinski definition) is 1. The van der Waals surface area contributed by atoms with E-state index in [0.717, 1.165) is 29.8 Å². The smallest absolute Gasteiger partial charge is 0.253 e. The summed E-state index contributed by atoms with van der Waals surface area (Å²) in [5.41, 5.74) is 3.31. The van der Waals surface area contributed by atoms with Crippen molar-refractivity contribution in [2.24, 2.45) is 0 Å². The van der Waals surface area contributed by atoms with E-state index in [1.807, 2.05) is 40.8 Å². The molecule has 0 aliphatic carbocycles. The molecule has 6 heteroatoms. The third-order valence-electron chi connectivity index (χ3n) is 4.42. The highest BCUT2D eigenvalue weighted by Gasteiger charge is 2.23. The average molecular weight is 343 g/mol. The van der Waals surface area contributed by atoms with Crippen molar-refractivity contribution in [3.63, 3.8) is 0 Å². The monoisotopic (exact) mass is 343 g/mol. The van der Waals surface area contributed by atoms with Crippen LogP contribution >= 0.6 is 11.3 Å². The van der Waals surface area contributed by atoms with E-state index in [4.69, 9.17) is 0 Å². The Hall–Kier alpha value is -2.21. The number of likely N-dealkylation sites (tertiary alicyclic amines) is 1. The summed E-state index contributed by atoms with van der Waals surface area (Å²) in [5.74, 6) is 0.0157. The Morgan fingerprint density at radius 3 is 2.58 bits per heavy atom. The first kappa shape index (κ1) is 16.6. The van der Waals surface area contributed by atoms with Gasteiger partial charge in [0, 0.05) is 37.0 Å². The van der Waals surface area contributed by atoms with Gasteiger partial charge in [0.05, 0.1) is 17.0 Å². The number of piperidine rings is 1. The molecule has 0 saturated carbocycles. The molecule has 5 nitrogen and oxygen atoms in total.